The van der Waals surface area contributed by atoms with Crippen LogP contribution >= 0.6 is 11.8 Å². The highest BCUT2D eigenvalue weighted by atomic mass is 32.2. The molecule has 2 rings (SSSR count). The van der Waals surface area contributed by atoms with E-state index >= 15 is 0 Å². The standard InChI is InChI=1S/C13H12N2O2S/c1-8-9(2)15-12(7-14-8)18-11-5-3-10(4-6-11)13(16)17/h3-7H,1-2H3,(H,16,17). The maximum absolute atomic E-state index is 10.7. The lowest BCUT2D eigenvalue weighted by Gasteiger charge is -2.03. The summed E-state index contributed by atoms with van der Waals surface area (Å²) in [7, 11) is 0. The topological polar surface area (TPSA) is 63.1 Å². The molecule has 0 saturated carbocycles. The van der Waals surface area contributed by atoms with Crippen molar-refractivity contribution in [1.29, 1.82) is 0 Å². The molecular formula is C13H12N2O2S. The van der Waals surface area contributed by atoms with Crippen LogP contribution in [-0.4, -0.2) is 21.0 Å². The number of rotatable bonds is 3. The maximum atomic E-state index is 10.7. The molecule has 0 bridgehead atoms. The first-order valence-corrected chi connectivity index (χ1v) is 6.19. The lowest BCUT2D eigenvalue weighted by atomic mass is 10.2. The van der Waals surface area contributed by atoms with Gasteiger partial charge in [0.2, 0.25) is 0 Å². The Morgan fingerprint density at radius 1 is 1.17 bits per heavy atom. The quantitative estimate of drug-likeness (QED) is 0.919. The van der Waals surface area contributed by atoms with E-state index in [2.05, 4.69) is 9.97 Å². The van der Waals surface area contributed by atoms with Gasteiger partial charge in [0.05, 0.1) is 23.1 Å². The fourth-order valence-electron chi connectivity index (χ4n) is 1.36. The molecule has 5 heteroatoms. The zero-order valence-electron chi connectivity index (χ0n) is 10.0. The first-order chi connectivity index (χ1) is 8.56. The fraction of sp³-hybridized carbons (Fsp3) is 0.154. The van der Waals surface area contributed by atoms with E-state index in [1.807, 2.05) is 13.8 Å². The van der Waals surface area contributed by atoms with E-state index in [0.29, 0.717) is 0 Å². The second kappa shape index (κ2) is 5.18. The molecule has 0 atom stereocenters. The van der Waals surface area contributed by atoms with E-state index in [0.717, 1.165) is 21.3 Å². The Morgan fingerprint density at radius 3 is 2.39 bits per heavy atom. The molecule has 0 unspecified atom stereocenters. The maximum Gasteiger partial charge on any atom is 0.335 e. The number of benzene rings is 1. The molecule has 0 saturated heterocycles. The van der Waals surface area contributed by atoms with Crippen molar-refractivity contribution < 1.29 is 9.90 Å². The summed E-state index contributed by atoms with van der Waals surface area (Å²) in [6, 6.07) is 6.70. The second-order valence-electron chi connectivity index (χ2n) is 3.81. The monoisotopic (exact) mass is 260 g/mol. The number of carboxylic acid groups (broad SMARTS) is 1. The Bertz CT molecular complexity index is 582. The first kappa shape index (κ1) is 12.6. The minimum Gasteiger partial charge on any atom is -0.478 e. The molecule has 0 aliphatic heterocycles. The van der Waals surface area contributed by atoms with Gasteiger partial charge in [-0.3, -0.25) is 4.98 Å². The Hall–Kier alpha value is -1.88. The van der Waals surface area contributed by atoms with Crippen LogP contribution in [0.4, 0.5) is 0 Å². The average molecular weight is 260 g/mol. The van der Waals surface area contributed by atoms with E-state index in [1.165, 1.54) is 11.8 Å². The van der Waals surface area contributed by atoms with Crippen molar-refractivity contribution in [3.05, 3.63) is 47.4 Å². The predicted molar refractivity (Wildman–Crippen MR) is 69.0 cm³/mol. The van der Waals surface area contributed by atoms with Crippen molar-refractivity contribution in [1.82, 2.24) is 9.97 Å². The molecule has 1 aromatic heterocycles. The first-order valence-electron chi connectivity index (χ1n) is 5.38. The number of carboxylic acids is 1. The van der Waals surface area contributed by atoms with Crippen LogP contribution in [0.25, 0.3) is 0 Å². The summed E-state index contributed by atoms with van der Waals surface area (Å²) in [6.07, 6.45) is 1.72. The van der Waals surface area contributed by atoms with E-state index in [9.17, 15) is 4.79 Å². The van der Waals surface area contributed by atoms with Crippen LogP contribution in [0, 0.1) is 13.8 Å². The van der Waals surface area contributed by atoms with Crippen molar-refractivity contribution in [2.45, 2.75) is 23.8 Å². The molecule has 0 radical (unpaired) electrons. The molecule has 0 spiro atoms. The molecule has 92 valence electrons. The molecule has 0 aliphatic carbocycles. The molecule has 4 nitrogen and oxygen atoms in total. The van der Waals surface area contributed by atoms with E-state index in [4.69, 9.17) is 5.11 Å². The average Bonchev–Trinajstić information content (AvgIpc) is 2.34. The minimum absolute atomic E-state index is 0.283. The zero-order valence-corrected chi connectivity index (χ0v) is 10.9. The van der Waals surface area contributed by atoms with Crippen LogP contribution in [0.3, 0.4) is 0 Å². The smallest absolute Gasteiger partial charge is 0.335 e. The third-order valence-electron chi connectivity index (χ3n) is 2.49. The highest BCUT2D eigenvalue weighted by Gasteiger charge is 2.04. The largest absolute Gasteiger partial charge is 0.478 e. The van der Waals surface area contributed by atoms with Gasteiger partial charge in [-0.15, -0.1) is 0 Å². The number of hydrogen-bond acceptors (Lipinski definition) is 4. The number of aryl methyl sites for hydroxylation is 2. The van der Waals surface area contributed by atoms with Crippen LogP contribution in [0.5, 0.6) is 0 Å². The van der Waals surface area contributed by atoms with Crippen LogP contribution in [-0.2, 0) is 0 Å². The number of aromatic nitrogens is 2. The summed E-state index contributed by atoms with van der Waals surface area (Å²) in [5.74, 6) is -0.919. The molecule has 0 aliphatic rings. The molecule has 1 heterocycles. The molecule has 1 N–H and O–H groups in total. The molecule has 2 aromatic rings. The third-order valence-corrected chi connectivity index (χ3v) is 3.41. The number of hydrogen-bond donors (Lipinski definition) is 1. The van der Waals surface area contributed by atoms with Gasteiger partial charge in [-0.2, -0.15) is 0 Å². The lowest BCUT2D eigenvalue weighted by molar-refractivity contribution is 0.0697. The third kappa shape index (κ3) is 2.87. The van der Waals surface area contributed by atoms with Gasteiger partial charge in [-0.25, -0.2) is 9.78 Å². The van der Waals surface area contributed by atoms with Gasteiger partial charge in [0.15, 0.2) is 0 Å². The number of carbonyl (C=O) groups is 1. The number of nitrogens with zero attached hydrogens (tertiary/aromatic N) is 2. The SMILES string of the molecule is Cc1ncc(Sc2ccc(C(=O)O)cc2)nc1C. The predicted octanol–water partition coefficient (Wildman–Crippen LogP) is 2.94. The van der Waals surface area contributed by atoms with Gasteiger partial charge >= 0.3 is 5.97 Å². The van der Waals surface area contributed by atoms with Gasteiger partial charge in [-0.05, 0) is 38.1 Å². The van der Waals surface area contributed by atoms with Gasteiger partial charge in [-0.1, -0.05) is 11.8 Å². The highest BCUT2D eigenvalue weighted by Crippen LogP contribution is 2.26. The van der Waals surface area contributed by atoms with E-state index in [-0.39, 0.29) is 5.56 Å². The van der Waals surface area contributed by atoms with Gasteiger partial charge in [0.1, 0.15) is 5.03 Å². The summed E-state index contributed by atoms with van der Waals surface area (Å²) >= 11 is 1.46. The Balaban J connectivity index is 2.18. The van der Waals surface area contributed by atoms with Crippen molar-refractivity contribution in [3.8, 4) is 0 Å². The highest BCUT2D eigenvalue weighted by molar-refractivity contribution is 7.99. The van der Waals surface area contributed by atoms with Crippen molar-refractivity contribution in [3.63, 3.8) is 0 Å². The normalized spacial score (nSPS) is 10.3. The summed E-state index contributed by atoms with van der Waals surface area (Å²) in [5.41, 5.74) is 2.10. The van der Waals surface area contributed by atoms with Crippen LogP contribution in [0.15, 0.2) is 40.4 Å². The van der Waals surface area contributed by atoms with Crippen molar-refractivity contribution >= 4 is 17.7 Å². The van der Waals surface area contributed by atoms with Crippen LogP contribution in [0.1, 0.15) is 21.7 Å². The Morgan fingerprint density at radius 2 is 1.83 bits per heavy atom. The zero-order chi connectivity index (χ0) is 13.1. The van der Waals surface area contributed by atoms with Crippen LogP contribution in [0.2, 0.25) is 0 Å². The molecule has 0 fully saturated rings. The van der Waals surface area contributed by atoms with Crippen molar-refractivity contribution in [2.75, 3.05) is 0 Å². The van der Waals surface area contributed by atoms with Gasteiger partial charge in [0.25, 0.3) is 0 Å². The molecule has 0 amide bonds. The van der Waals surface area contributed by atoms with Gasteiger partial charge in [0, 0.05) is 4.90 Å². The second-order valence-corrected chi connectivity index (χ2v) is 4.90. The van der Waals surface area contributed by atoms with E-state index in [1.54, 1.807) is 30.5 Å². The molecule has 18 heavy (non-hydrogen) atoms. The Kier molecular flexibility index (Phi) is 3.62. The summed E-state index contributed by atoms with van der Waals surface area (Å²) in [4.78, 5) is 20.3. The fourth-order valence-corrected chi connectivity index (χ4v) is 2.16. The van der Waals surface area contributed by atoms with Crippen molar-refractivity contribution in [2.24, 2.45) is 0 Å². The van der Waals surface area contributed by atoms with Gasteiger partial charge < -0.3 is 5.11 Å². The van der Waals surface area contributed by atoms with E-state index < -0.39 is 5.97 Å². The number of aromatic carboxylic acids is 1. The Labute approximate surface area is 109 Å². The molecular weight excluding hydrogens is 248 g/mol. The summed E-state index contributed by atoms with van der Waals surface area (Å²) in [5, 5.41) is 9.61. The minimum atomic E-state index is -0.919. The lowest BCUT2D eigenvalue weighted by Crippen LogP contribution is -1.95. The van der Waals surface area contributed by atoms with Crippen LogP contribution < -0.4 is 0 Å². The molecule has 1 aromatic carbocycles. The summed E-state index contributed by atoms with van der Waals surface area (Å²) in [6.45, 7) is 3.83. The summed E-state index contributed by atoms with van der Waals surface area (Å²) < 4.78 is 0.